The highest BCUT2D eigenvalue weighted by Crippen LogP contribution is 1.82. The fourth-order valence-electron chi connectivity index (χ4n) is 0.992. The third-order valence-corrected chi connectivity index (χ3v) is 1.74. The predicted molar refractivity (Wildman–Crippen MR) is 54.3 cm³/mol. The second kappa shape index (κ2) is 10.9. The summed E-state index contributed by atoms with van der Waals surface area (Å²) in [5.41, 5.74) is 5.33. The molecule has 0 bridgehead atoms. The number of rotatable bonds is 9. The summed E-state index contributed by atoms with van der Waals surface area (Å²) >= 11 is 0. The molecule has 0 aromatic heterocycles. The summed E-state index contributed by atoms with van der Waals surface area (Å²) in [5, 5.41) is 6.65. The van der Waals surface area contributed by atoms with Crippen LogP contribution in [0.4, 0.5) is 0 Å². The zero-order chi connectivity index (χ0) is 9.07. The molecule has 0 aliphatic rings. The lowest BCUT2D eigenvalue weighted by atomic mass is 10.3. The van der Waals surface area contributed by atoms with Crippen LogP contribution in [0.3, 0.4) is 0 Å². The smallest absolute Gasteiger partial charge is 0.00745 e. The van der Waals surface area contributed by atoms with E-state index in [-0.39, 0.29) is 0 Å². The van der Waals surface area contributed by atoms with Gasteiger partial charge in [-0.05, 0) is 32.5 Å². The van der Waals surface area contributed by atoms with Crippen molar-refractivity contribution in [2.75, 3.05) is 32.7 Å². The van der Waals surface area contributed by atoms with Gasteiger partial charge in [-0.2, -0.15) is 0 Å². The van der Waals surface area contributed by atoms with Gasteiger partial charge < -0.3 is 16.4 Å². The minimum absolute atomic E-state index is 0.739. The van der Waals surface area contributed by atoms with Gasteiger partial charge in [0.15, 0.2) is 0 Å². The van der Waals surface area contributed by atoms with Crippen LogP contribution in [0.15, 0.2) is 0 Å². The van der Waals surface area contributed by atoms with Crippen molar-refractivity contribution in [3.63, 3.8) is 0 Å². The zero-order valence-corrected chi connectivity index (χ0v) is 8.23. The summed E-state index contributed by atoms with van der Waals surface area (Å²) in [6.45, 7) is 7.25. The Hall–Kier alpha value is -0.120. The Morgan fingerprint density at radius 2 is 1.50 bits per heavy atom. The summed E-state index contributed by atoms with van der Waals surface area (Å²) in [6, 6.07) is 0. The first kappa shape index (κ1) is 11.9. The Labute approximate surface area is 76.1 Å². The van der Waals surface area contributed by atoms with Crippen LogP contribution in [0.2, 0.25) is 0 Å². The number of hydrogen-bond acceptors (Lipinski definition) is 3. The highest BCUT2D eigenvalue weighted by Gasteiger charge is 1.87. The van der Waals surface area contributed by atoms with Gasteiger partial charge in [-0.25, -0.2) is 0 Å². The monoisotopic (exact) mass is 173 g/mol. The maximum Gasteiger partial charge on any atom is 0.00745 e. The molecular formula is C9H23N3. The van der Waals surface area contributed by atoms with Gasteiger partial charge in [-0.3, -0.25) is 0 Å². The highest BCUT2D eigenvalue weighted by molar-refractivity contribution is 4.51. The Bertz CT molecular complexity index is 66.2. The number of hydrogen-bond donors (Lipinski definition) is 3. The van der Waals surface area contributed by atoms with Crippen LogP contribution in [0.1, 0.15) is 26.2 Å². The SMILES string of the molecule is CCCCNCCCNCCN. The number of unbranched alkanes of at least 4 members (excludes halogenated alkanes) is 1. The second-order valence-electron chi connectivity index (χ2n) is 3.00. The van der Waals surface area contributed by atoms with E-state index in [4.69, 9.17) is 5.73 Å². The third-order valence-electron chi connectivity index (χ3n) is 1.74. The Morgan fingerprint density at radius 1 is 0.917 bits per heavy atom. The summed E-state index contributed by atoms with van der Waals surface area (Å²) in [6.07, 6.45) is 3.76. The lowest BCUT2D eigenvalue weighted by Crippen LogP contribution is -2.26. The van der Waals surface area contributed by atoms with Crippen LogP contribution in [0.25, 0.3) is 0 Å². The molecule has 4 N–H and O–H groups in total. The van der Waals surface area contributed by atoms with E-state index in [1.807, 2.05) is 0 Å². The fourth-order valence-corrected chi connectivity index (χ4v) is 0.992. The quantitative estimate of drug-likeness (QED) is 0.440. The standard InChI is InChI=1S/C9H23N3/c1-2-3-6-11-7-4-8-12-9-5-10/h11-12H,2-10H2,1H3. The van der Waals surface area contributed by atoms with E-state index in [2.05, 4.69) is 17.6 Å². The Morgan fingerprint density at radius 3 is 2.08 bits per heavy atom. The van der Waals surface area contributed by atoms with Gasteiger partial charge in [0, 0.05) is 13.1 Å². The van der Waals surface area contributed by atoms with Crippen LogP contribution >= 0.6 is 0 Å². The molecule has 3 heteroatoms. The van der Waals surface area contributed by atoms with Crippen molar-refractivity contribution in [2.45, 2.75) is 26.2 Å². The summed E-state index contributed by atoms with van der Waals surface area (Å²) in [7, 11) is 0. The molecule has 0 aliphatic heterocycles. The number of nitrogens with one attached hydrogen (secondary N) is 2. The van der Waals surface area contributed by atoms with Crippen LogP contribution in [-0.2, 0) is 0 Å². The second-order valence-corrected chi connectivity index (χ2v) is 3.00. The van der Waals surface area contributed by atoms with Crippen molar-refractivity contribution in [2.24, 2.45) is 5.73 Å². The maximum absolute atomic E-state index is 5.33. The summed E-state index contributed by atoms with van der Waals surface area (Å²) in [4.78, 5) is 0. The summed E-state index contributed by atoms with van der Waals surface area (Å²) in [5.74, 6) is 0. The van der Waals surface area contributed by atoms with E-state index in [0.29, 0.717) is 0 Å². The van der Waals surface area contributed by atoms with Crippen LogP contribution in [-0.4, -0.2) is 32.7 Å². The van der Waals surface area contributed by atoms with Crippen LogP contribution in [0, 0.1) is 0 Å². The topological polar surface area (TPSA) is 50.1 Å². The van der Waals surface area contributed by atoms with E-state index in [0.717, 1.165) is 32.7 Å². The molecule has 0 aromatic rings. The molecule has 12 heavy (non-hydrogen) atoms. The first-order valence-electron chi connectivity index (χ1n) is 5.03. The van der Waals surface area contributed by atoms with Crippen LogP contribution in [0.5, 0.6) is 0 Å². The van der Waals surface area contributed by atoms with Crippen LogP contribution < -0.4 is 16.4 Å². The Kier molecular flexibility index (Phi) is 10.8. The van der Waals surface area contributed by atoms with Gasteiger partial charge in [0.25, 0.3) is 0 Å². The van der Waals surface area contributed by atoms with Gasteiger partial charge in [0.05, 0.1) is 0 Å². The van der Waals surface area contributed by atoms with E-state index >= 15 is 0 Å². The predicted octanol–water partition coefficient (Wildman–Crippen LogP) is 0.315. The van der Waals surface area contributed by atoms with Crippen molar-refractivity contribution in [3.05, 3.63) is 0 Å². The molecule has 0 spiro atoms. The maximum atomic E-state index is 5.33. The molecule has 0 saturated carbocycles. The lowest BCUT2D eigenvalue weighted by Gasteiger charge is -2.04. The summed E-state index contributed by atoms with van der Waals surface area (Å²) < 4.78 is 0. The fraction of sp³-hybridized carbons (Fsp3) is 1.00. The molecule has 0 aromatic carbocycles. The molecule has 0 saturated heterocycles. The van der Waals surface area contributed by atoms with Crippen molar-refractivity contribution in [1.29, 1.82) is 0 Å². The third kappa shape index (κ3) is 9.88. The van der Waals surface area contributed by atoms with Gasteiger partial charge in [-0.15, -0.1) is 0 Å². The normalized spacial score (nSPS) is 10.5. The first-order valence-corrected chi connectivity index (χ1v) is 5.03. The molecule has 74 valence electrons. The van der Waals surface area contributed by atoms with E-state index in [1.165, 1.54) is 19.3 Å². The molecular weight excluding hydrogens is 150 g/mol. The zero-order valence-electron chi connectivity index (χ0n) is 8.23. The Balaban J connectivity index is 2.73. The van der Waals surface area contributed by atoms with Gasteiger partial charge >= 0.3 is 0 Å². The average Bonchev–Trinajstić information content (AvgIpc) is 2.10. The molecule has 3 nitrogen and oxygen atoms in total. The van der Waals surface area contributed by atoms with Crippen molar-refractivity contribution in [3.8, 4) is 0 Å². The van der Waals surface area contributed by atoms with E-state index in [9.17, 15) is 0 Å². The van der Waals surface area contributed by atoms with Crippen molar-refractivity contribution in [1.82, 2.24) is 10.6 Å². The molecule has 0 radical (unpaired) electrons. The molecule has 0 amide bonds. The minimum Gasteiger partial charge on any atom is -0.329 e. The van der Waals surface area contributed by atoms with Crippen molar-refractivity contribution < 1.29 is 0 Å². The van der Waals surface area contributed by atoms with Crippen molar-refractivity contribution >= 4 is 0 Å². The number of nitrogens with two attached hydrogens (primary N) is 1. The molecule has 0 aliphatic carbocycles. The average molecular weight is 173 g/mol. The highest BCUT2D eigenvalue weighted by atomic mass is 14.9. The lowest BCUT2D eigenvalue weighted by molar-refractivity contribution is 0.584. The first-order chi connectivity index (χ1) is 5.91. The van der Waals surface area contributed by atoms with E-state index < -0.39 is 0 Å². The van der Waals surface area contributed by atoms with Gasteiger partial charge in [0.1, 0.15) is 0 Å². The molecule has 0 atom stereocenters. The largest absolute Gasteiger partial charge is 0.329 e. The molecule has 0 heterocycles. The molecule has 0 unspecified atom stereocenters. The van der Waals surface area contributed by atoms with Gasteiger partial charge in [0.2, 0.25) is 0 Å². The van der Waals surface area contributed by atoms with Gasteiger partial charge in [-0.1, -0.05) is 13.3 Å². The molecule has 0 fully saturated rings. The van der Waals surface area contributed by atoms with E-state index in [1.54, 1.807) is 0 Å². The minimum atomic E-state index is 0.739. The molecule has 0 rings (SSSR count).